The van der Waals surface area contributed by atoms with Crippen LogP contribution in [-0.4, -0.2) is 49.4 Å². The lowest BCUT2D eigenvalue weighted by Crippen LogP contribution is -2.42. The summed E-state index contributed by atoms with van der Waals surface area (Å²) in [5, 5.41) is 2.50. The standard InChI is InChI=1S/C14H24N4O3S.ClH/c1-10(15)11-4-6-18(7-5-11)22(20,21)12-8-13(14(19)16-2)17(3)9-12;/h8-11H,4-7,15H2,1-3H3,(H,16,19);1H. The molecule has 1 aliphatic heterocycles. The van der Waals surface area contributed by atoms with Crippen LogP contribution in [0.4, 0.5) is 0 Å². The summed E-state index contributed by atoms with van der Waals surface area (Å²) in [5.41, 5.74) is 6.21. The third-order valence-corrected chi connectivity index (χ3v) is 6.18. The van der Waals surface area contributed by atoms with E-state index < -0.39 is 10.0 Å². The van der Waals surface area contributed by atoms with Crippen LogP contribution in [-0.2, 0) is 17.1 Å². The number of nitrogens with one attached hydrogen (secondary N) is 1. The number of halogens is 1. The molecule has 0 saturated carbocycles. The molecular weight excluding hydrogens is 340 g/mol. The molecule has 1 fully saturated rings. The summed E-state index contributed by atoms with van der Waals surface area (Å²) < 4.78 is 28.4. The highest BCUT2D eigenvalue weighted by Crippen LogP contribution is 2.26. The van der Waals surface area contributed by atoms with Gasteiger partial charge in [0.05, 0.1) is 0 Å². The minimum Gasteiger partial charge on any atom is -0.354 e. The Morgan fingerprint density at radius 3 is 2.43 bits per heavy atom. The van der Waals surface area contributed by atoms with E-state index in [1.165, 1.54) is 28.2 Å². The van der Waals surface area contributed by atoms with E-state index in [9.17, 15) is 13.2 Å². The Morgan fingerprint density at radius 2 is 1.96 bits per heavy atom. The van der Waals surface area contributed by atoms with E-state index in [4.69, 9.17) is 5.73 Å². The Bertz CT molecular complexity index is 649. The minimum absolute atomic E-state index is 0. The second-order valence-electron chi connectivity index (χ2n) is 5.85. The fraction of sp³-hybridized carbons (Fsp3) is 0.643. The molecule has 1 amide bonds. The lowest BCUT2D eigenvalue weighted by atomic mass is 9.92. The van der Waals surface area contributed by atoms with E-state index >= 15 is 0 Å². The Balaban J connectivity index is 0.00000264. The van der Waals surface area contributed by atoms with Gasteiger partial charge in [-0.3, -0.25) is 4.79 Å². The molecule has 1 saturated heterocycles. The van der Waals surface area contributed by atoms with Gasteiger partial charge in [-0.2, -0.15) is 4.31 Å². The maximum Gasteiger partial charge on any atom is 0.267 e. The smallest absolute Gasteiger partial charge is 0.267 e. The first kappa shape index (κ1) is 20.0. The quantitative estimate of drug-likeness (QED) is 0.815. The normalized spacial score (nSPS) is 18.3. The first-order valence-corrected chi connectivity index (χ1v) is 8.85. The van der Waals surface area contributed by atoms with Crippen LogP contribution < -0.4 is 11.1 Å². The van der Waals surface area contributed by atoms with Gasteiger partial charge in [0.25, 0.3) is 5.91 Å². The molecule has 1 aromatic rings. The van der Waals surface area contributed by atoms with Gasteiger partial charge in [0.15, 0.2) is 0 Å². The molecule has 132 valence electrons. The fourth-order valence-corrected chi connectivity index (χ4v) is 4.36. The zero-order chi connectivity index (χ0) is 16.5. The lowest BCUT2D eigenvalue weighted by molar-refractivity contribution is 0.0955. The maximum absolute atomic E-state index is 12.7. The van der Waals surface area contributed by atoms with Crippen LogP contribution >= 0.6 is 12.4 Å². The highest BCUT2D eigenvalue weighted by atomic mass is 35.5. The average molecular weight is 365 g/mol. The number of nitrogens with zero attached hydrogens (tertiary/aromatic N) is 2. The zero-order valence-corrected chi connectivity index (χ0v) is 15.3. The van der Waals surface area contributed by atoms with Crippen molar-refractivity contribution < 1.29 is 13.2 Å². The first-order valence-electron chi connectivity index (χ1n) is 7.41. The van der Waals surface area contributed by atoms with Gasteiger partial charge >= 0.3 is 0 Å². The second kappa shape index (κ2) is 7.65. The summed E-state index contributed by atoms with van der Waals surface area (Å²) in [4.78, 5) is 11.9. The highest BCUT2D eigenvalue weighted by Gasteiger charge is 2.31. The number of nitrogens with two attached hydrogens (primary N) is 1. The molecule has 0 aliphatic carbocycles. The van der Waals surface area contributed by atoms with E-state index in [2.05, 4.69) is 5.32 Å². The van der Waals surface area contributed by atoms with Crippen molar-refractivity contribution in [2.45, 2.75) is 30.7 Å². The number of carbonyl (C=O) groups is 1. The Labute approximate surface area is 143 Å². The molecule has 1 atom stereocenters. The molecule has 1 aromatic heterocycles. The molecule has 2 rings (SSSR count). The summed E-state index contributed by atoms with van der Waals surface area (Å²) in [6.07, 6.45) is 3.02. The van der Waals surface area contributed by atoms with E-state index in [0.29, 0.717) is 24.7 Å². The number of piperidine rings is 1. The predicted octanol–water partition coefficient (Wildman–Crippen LogP) is 0.554. The van der Waals surface area contributed by atoms with E-state index in [1.807, 2.05) is 6.92 Å². The molecule has 1 unspecified atom stereocenters. The summed E-state index contributed by atoms with van der Waals surface area (Å²) >= 11 is 0. The molecule has 3 N–H and O–H groups in total. The summed E-state index contributed by atoms with van der Waals surface area (Å²) in [6.45, 7) is 2.90. The number of sulfonamides is 1. The molecule has 0 spiro atoms. The number of hydrogen-bond donors (Lipinski definition) is 2. The number of carbonyl (C=O) groups excluding carboxylic acids is 1. The molecule has 0 bridgehead atoms. The SMILES string of the molecule is CNC(=O)c1cc(S(=O)(=O)N2CCC(C(C)N)CC2)cn1C.Cl. The second-order valence-corrected chi connectivity index (χ2v) is 7.79. The largest absolute Gasteiger partial charge is 0.354 e. The first-order chi connectivity index (χ1) is 10.3. The van der Waals surface area contributed by atoms with Gasteiger partial charge < -0.3 is 15.6 Å². The molecule has 1 aliphatic rings. The van der Waals surface area contributed by atoms with Crippen molar-refractivity contribution in [1.82, 2.24) is 14.2 Å². The monoisotopic (exact) mass is 364 g/mol. The Morgan fingerprint density at radius 1 is 1.39 bits per heavy atom. The van der Waals surface area contributed by atoms with Crippen LogP contribution in [0.25, 0.3) is 0 Å². The third-order valence-electron chi connectivity index (χ3n) is 4.32. The molecule has 9 heteroatoms. The Hall–Kier alpha value is -1.09. The van der Waals surface area contributed by atoms with Crippen molar-refractivity contribution in [2.24, 2.45) is 18.7 Å². The number of aryl methyl sites for hydroxylation is 1. The molecule has 0 aromatic carbocycles. The number of rotatable bonds is 4. The van der Waals surface area contributed by atoms with Gasteiger partial charge in [-0.05, 0) is 31.7 Å². The van der Waals surface area contributed by atoms with Gasteiger partial charge in [0.2, 0.25) is 10.0 Å². The summed E-state index contributed by atoms with van der Waals surface area (Å²) in [6, 6.07) is 1.51. The van der Waals surface area contributed by atoms with Gasteiger partial charge in [0.1, 0.15) is 10.6 Å². The van der Waals surface area contributed by atoms with Crippen molar-refractivity contribution in [3.8, 4) is 0 Å². The van der Waals surface area contributed by atoms with Gasteiger partial charge in [-0.15, -0.1) is 12.4 Å². The number of hydrogen-bond acceptors (Lipinski definition) is 4. The number of amides is 1. The van der Waals surface area contributed by atoms with Crippen LogP contribution in [0.2, 0.25) is 0 Å². The van der Waals surface area contributed by atoms with Crippen molar-refractivity contribution in [3.05, 3.63) is 18.0 Å². The third kappa shape index (κ3) is 4.06. The zero-order valence-electron chi connectivity index (χ0n) is 13.7. The average Bonchev–Trinajstić information content (AvgIpc) is 2.89. The van der Waals surface area contributed by atoms with Crippen LogP contribution in [0.3, 0.4) is 0 Å². The van der Waals surface area contributed by atoms with Crippen LogP contribution in [0.15, 0.2) is 17.2 Å². The van der Waals surface area contributed by atoms with Gasteiger partial charge in [-0.25, -0.2) is 8.42 Å². The van der Waals surface area contributed by atoms with Crippen molar-refractivity contribution in [1.29, 1.82) is 0 Å². The van der Waals surface area contributed by atoms with Crippen molar-refractivity contribution >= 4 is 28.3 Å². The Kier molecular flexibility index (Phi) is 6.64. The van der Waals surface area contributed by atoms with Crippen LogP contribution in [0.5, 0.6) is 0 Å². The van der Waals surface area contributed by atoms with E-state index in [0.717, 1.165) is 12.8 Å². The summed E-state index contributed by atoms with van der Waals surface area (Å²) in [5.74, 6) is 0.0586. The topological polar surface area (TPSA) is 97.4 Å². The summed E-state index contributed by atoms with van der Waals surface area (Å²) in [7, 11) is -0.388. The van der Waals surface area contributed by atoms with Gasteiger partial charge in [0, 0.05) is 39.4 Å². The maximum atomic E-state index is 12.7. The van der Waals surface area contributed by atoms with Crippen LogP contribution in [0, 0.1) is 5.92 Å². The van der Waals surface area contributed by atoms with Crippen molar-refractivity contribution in [3.63, 3.8) is 0 Å². The molecule has 2 heterocycles. The van der Waals surface area contributed by atoms with Crippen LogP contribution in [0.1, 0.15) is 30.3 Å². The number of aromatic nitrogens is 1. The molecule has 23 heavy (non-hydrogen) atoms. The molecular formula is C14H25ClN4O3S. The van der Waals surface area contributed by atoms with Gasteiger partial charge in [-0.1, -0.05) is 0 Å². The van der Waals surface area contributed by atoms with E-state index in [-0.39, 0.29) is 29.3 Å². The van der Waals surface area contributed by atoms with E-state index in [1.54, 1.807) is 7.05 Å². The predicted molar refractivity (Wildman–Crippen MR) is 91.2 cm³/mol. The fourth-order valence-electron chi connectivity index (χ4n) is 2.82. The van der Waals surface area contributed by atoms with Crippen molar-refractivity contribution in [2.75, 3.05) is 20.1 Å². The highest BCUT2D eigenvalue weighted by molar-refractivity contribution is 7.89. The molecule has 0 radical (unpaired) electrons. The lowest BCUT2D eigenvalue weighted by Gasteiger charge is -2.32. The minimum atomic E-state index is -3.56. The molecule has 7 nitrogen and oxygen atoms in total.